The maximum absolute atomic E-state index is 11.4. The topological polar surface area (TPSA) is 64.3 Å². The van der Waals surface area contributed by atoms with Crippen LogP contribution in [-0.2, 0) is 9.53 Å². The average molecular weight is 228 g/mol. The van der Waals surface area contributed by atoms with E-state index in [1.54, 1.807) is 0 Å². The van der Waals surface area contributed by atoms with Crippen LogP contribution in [0.15, 0.2) is 0 Å². The van der Waals surface area contributed by atoms with E-state index in [9.17, 15) is 4.79 Å². The van der Waals surface area contributed by atoms with Crippen LogP contribution in [0.1, 0.15) is 46.0 Å². The second-order valence-electron chi connectivity index (χ2n) is 4.77. The fourth-order valence-electron chi connectivity index (χ4n) is 1.77. The summed E-state index contributed by atoms with van der Waals surface area (Å²) in [6.45, 7) is 5.43. The molecular formula is C12H24N2O2. The molecule has 0 aliphatic heterocycles. The van der Waals surface area contributed by atoms with Crippen molar-refractivity contribution in [3.05, 3.63) is 0 Å². The van der Waals surface area contributed by atoms with E-state index < -0.39 is 5.54 Å². The molecule has 16 heavy (non-hydrogen) atoms. The number of rotatable bonds is 9. The lowest BCUT2D eigenvalue weighted by atomic mass is 9.94. The minimum absolute atomic E-state index is 0.240. The summed E-state index contributed by atoms with van der Waals surface area (Å²) in [6, 6.07) is 0.504. The Balaban J connectivity index is 2.23. The zero-order valence-electron chi connectivity index (χ0n) is 10.4. The van der Waals surface area contributed by atoms with Gasteiger partial charge in [0, 0.05) is 19.3 Å². The van der Waals surface area contributed by atoms with Crippen molar-refractivity contribution in [2.45, 2.75) is 57.5 Å². The zero-order valence-corrected chi connectivity index (χ0v) is 10.4. The fraction of sp³-hybridized carbons (Fsp3) is 0.917. The van der Waals surface area contributed by atoms with Crippen LogP contribution in [0.3, 0.4) is 0 Å². The van der Waals surface area contributed by atoms with Crippen LogP contribution >= 0.6 is 0 Å². The minimum Gasteiger partial charge on any atom is -0.382 e. The van der Waals surface area contributed by atoms with Gasteiger partial charge in [-0.25, -0.2) is 0 Å². The van der Waals surface area contributed by atoms with E-state index in [2.05, 4.69) is 5.32 Å². The van der Waals surface area contributed by atoms with E-state index in [0.29, 0.717) is 6.04 Å². The molecule has 3 N–H and O–H groups in total. The number of carbonyl (C=O) groups is 1. The van der Waals surface area contributed by atoms with Gasteiger partial charge in [-0.05, 0) is 46.0 Å². The monoisotopic (exact) mass is 228 g/mol. The lowest BCUT2D eigenvalue weighted by Crippen LogP contribution is -2.53. The highest BCUT2D eigenvalue weighted by atomic mass is 16.5. The molecule has 94 valence electrons. The van der Waals surface area contributed by atoms with Gasteiger partial charge in [0.15, 0.2) is 0 Å². The molecule has 0 aromatic rings. The molecule has 0 spiro atoms. The summed E-state index contributed by atoms with van der Waals surface area (Å²) in [7, 11) is 0. The van der Waals surface area contributed by atoms with Gasteiger partial charge in [-0.1, -0.05) is 0 Å². The standard InChI is InChI=1S/C12H24N2O2/c1-3-16-9-5-4-8-12(2,11(13)15)14-10-6-7-10/h10,14H,3-9H2,1-2H3,(H2,13,15). The summed E-state index contributed by atoms with van der Waals surface area (Å²) in [5, 5.41) is 3.34. The molecule has 0 saturated heterocycles. The van der Waals surface area contributed by atoms with Crippen molar-refractivity contribution in [2.24, 2.45) is 5.73 Å². The third-order valence-electron chi connectivity index (χ3n) is 3.06. The lowest BCUT2D eigenvalue weighted by molar-refractivity contribution is -0.124. The van der Waals surface area contributed by atoms with Crippen molar-refractivity contribution in [1.82, 2.24) is 5.32 Å². The van der Waals surface area contributed by atoms with E-state index in [1.807, 2.05) is 13.8 Å². The molecule has 0 radical (unpaired) electrons. The van der Waals surface area contributed by atoms with Gasteiger partial charge in [-0.15, -0.1) is 0 Å². The smallest absolute Gasteiger partial charge is 0.237 e. The SMILES string of the molecule is CCOCCCCC(C)(NC1CC1)C(N)=O. The third kappa shape index (κ3) is 4.49. The molecule has 4 nitrogen and oxygen atoms in total. The number of amides is 1. The van der Waals surface area contributed by atoms with Gasteiger partial charge in [-0.2, -0.15) is 0 Å². The number of primary amides is 1. The fourth-order valence-corrected chi connectivity index (χ4v) is 1.77. The predicted octanol–water partition coefficient (Wildman–Crippen LogP) is 1.19. The maximum Gasteiger partial charge on any atom is 0.237 e. The lowest BCUT2D eigenvalue weighted by Gasteiger charge is -2.27. The third-order valence-corrected chi connectivity index (χ3v) is 3.06. The number of hydrogen-bond donors (Lipinski definition) is 2. The first-order valence-electron chi connectivity index (χ1n) is 6.24. The second kappa shape index (κ2) is 6.21. The molecule has 1 amide bonds. The molecule has 0 aromatic carbocycles. The predicted molar refractivity (Wildman–Crippen MR) is 64.1 cm³/mol. The van der Waals surface area contributed by atoms with Crippen LogP contribution in [-0.4, -0.2) is 30.7 Å². The summed E-state index contributed by atoms with van der Waals surface area (Å²) in [6.07, 6.45) is 5.09. The highest BCUT2D eigenvalue weighted by molar-refractivity contribution is 5.84. The van der Waals surface area contributed by atoms with Gasteiger partial charge < -0.3 is 15.8 Å². The van der Waals surface area contributed by atoms with Crippen LogP contribution in [0, 0.1) is 0 Å². The van der Waals surface area contributed by atoms with Crippen LogP contribution in [0.2, 0.25) is 0 Å². The van der Waals surface area contributed by atoms with E-state index in [4.69, 9.17) is 10.5 Å². The van der Waals surface area contributed by atoms with Crippen molar-refractivity contribution in [3.8, 4) is 0 Å². The molecular weight excluding hydrogens is 204 g/mol. The van der Waals surface area contributed by atoms with Crippen molar-refractivity contribution < 1.29 is 9.53 Å². The Kier molecular flexibility index (Phi) is 5.22. The van der Waals surface area contributed by atoms with Gasteiger partial charge in [0.25, 0.3) is 0 Å². The largest absolute Gasteiger partial charge is 0.382 e. The Bertz CT molecular complexity index is 229. The van der Waals surface area contributed by atoms with Gasteiger partial charge in [-0.3, -0.25) is 4.79 Å². The van der Waals surface area contributed by atoms with Gasteiger partial charge in [0.05, 0.1) is 5.54 Å². The number of carbonyl (C=O) groups excluding carboxylic acids is 1. The summed E-state index contributed by atoms with van der Waals surface area (Å²) in [5.41, 5.74) is 4.92. The Labute approximate surface area is 97.9 Å². The molecule has 0 aromatic heterocycles. The normalized spacial score (nSPS) is 19.4. The summed E-state index contributed by atoms with van der Waals surface area (Å²) >= 11 is 0. The molecule has 1 atom stereocenters. The zero-order chi connectivity index (χ0) is 12.0. The quantitative estimate of drug-likeness (QED) is 0.583. The summed E-state index contributed by atoms with van der Waals surface area (Å²) in [5.74, 6) is -0.240. The van der Waals surface area contributed by atoms with Crippen molar-refractivity contribution in [3.63, 3.8) is 0 Å². The molecule has 0 heterocycles. The van der Waals surface area contributed by atoms with Crippen molar-refractivity contribution in [2.75, 3.05) is 13.2 Å². The molecule has 1 aliphatic carbocycles. The van der Waals surface area contributed by atoms with Crippen LogP contribution in [0.4, 0.5) is 0 Å². The van der Waals surface area contributed by atoms with Crippen LogP contribution < -0.4 is 11.1 Å². The average Bonchev–Trinajstić information content (AvgIpc) is 3.01. The first kappa shape index (κ1) is 13.5. The number of unbranched alkanes of at least 4 members (excludes halogenated alkanes) is 1. The molecule has 4 heteroatoms. The number of nitrogens with two attached hydrogens (primary N) is 1. The first-order chi connectivity index (χ1) is 7.58. The Morgan fingerprint density at radius 1 is 1.50 bits per heavy atom. The molecule has 1 fully saturated rings. The Hall–Kier alpha value is -0.610. The van der Waals surface area contributed by atoms with Crippen molar-refractivity contribution >= 4 is 5.91 Å². The van der Waals surface area contributed by atoms with Crippen molar-refractivity contribution in [1.29, 1.82) is 0 Å². The molecule has 1 saturated carbocycles. The molecule has 1 rings (SSSR count). The number of hydrogen-bond acceptors (Lipinski definition) is 3. The highest BCUT2D eigenvalue weighted by Gasteiger charge is 2.36. The van der Waals surface area contributed by atoms with E-state index in [1.165, 1.54) is 12.8 Å². The molecule has 1 aliphatic rings. The van der Waals surface area contributed by atoms with Crippen LogP contribution in [0.5, 0.6) is 0 Å². The Morgan fingerprint density at radius 3 is 2.69 bits per heavy atom. The van der Waals surface area contributed by atoms with Gasteiger partial charge in [0.1, 0.15) is 0 Å². The van der Waals surface area contributed by atoms with E-state index in [-0.39, 0.29) is 5.91 Å². The Morgan fingerprint density at radius 2 is 2.19 bits per heavy atom. The summed E-state index contributed by atoms with van der Waals surface area (Å²) in [4.78, 5) is 11.4. The van der Waals surface area contributed by atoms with Gasteiger partial charge in [0.2, 0.25) is 5.91 Å². The van der Waals surface area contributed by atoms with Gasteiger partial charge >= 0.3 is 0 Å². The first-order valence-corrected chi connectivity index (χ1v) is 6.24. The highest BCUT2D eigenvalue weighted by Crippen LogP contribution is 2.25. The van der Waals surface area contributed by atoms with E-state index >= 15 is 0 Å². The minimum atomic E-state index is -0.534. The van der Waals surface area contributed by atoms with E-state index in [0.717, 1.165) is 32.5 Å². The number of nitrogens with one attached hydrogen (secondary N) is 1. The van der Waals surface area contributed by atoms with Crippen LogP contribution in [0.25, 0.3) is 0 Å². The molecule has 0 bridgehead atoms. The second-order valence-corrected chi connectivity index (χ2v) is 4.77. The molecule has 1 unspecified atom stereocenters. The summed E-state index contributed by atoms with van der Waals surface area (Å²) < 4.78 is 5.27. The number of ether oxygens (including phenoxy) is 1. The maximum atomic E-state index is 11.4.